The van der Waals surface area contributed by atoms with E-state index in [1.807, 2.05) is 19.2 Å². The highest BCUT2D eigenvalue weighted by Crippen LogP contribution is 2.29. The van der Waals surface area contributed by atoms with Gasteiger partial charge in [-0.15, -0.1) is 0 Å². The first-order chi connectivity index (χ1) is 15.4. The van der Waals surface area contributed by atoms with Crippen molar-refractivity contribution >= 4 is 45.5 Å². The Bertz CT molecular complexity index is 1430. The Morgan fingerprint density at radius 3 is 2.97 bits per heavy atom. The van der Waals surface area contributed by atoms with Crippen LogP contribution in [0.4, 0.5) is 0 Å². The van der Waals surface area contributed by atoms with Gasteiger partial charge in [-0.05, 0) is 18.2 Å². The maximum Gasteiger partial charge on any atom is 0.255 e. The zero-order valence-electron chi connectivity index (χ0n) is 17.0. The second-order valence-electron chi connectivity index (χ2n) is 7.60. The lowest BCUT2D eigenvalue weighted by molar-refractivity contribution is -0.135. The second kappa shape index (κ2) is 7.62. The number of nitriles is 1. The molecular formula is C21H17ClN8O2. The molecule has 1 aromatic carbocycles. The van der Waals surface area contributed by atoms with Crippen LogP contribution in [0, 0.1) is 17.2 Å². The third-order valence-corrected chi connectivity index (χ3v) is 5.73. The van der Waals surface area contributed by atoms with E-state index in [2.05, 4.69) is 31.4 Å². The SMILES string of the molecule is Cn1nc(-c2cnc3[nH]cc(C(=O)NCC(=O)N4CC(C#N)C4)c3n2)c2cc(Cl)ccc21. The van der Waals surface area contributed by atoms with Crippen LogP contribution >= 0.6 is 11.6 Å². The van der Waals surface area contributed by atoms with Crippen molar-refractivity contribution in [2.24, 2.45) is 13.0 Å². The molecular weight excluding hydrogens is 432 g/mol. The van der Waals surface area contributed by atoms with Crippen LogP contribution in [-0.4, -0.2) is 61.1 Å². The predicted octanol–water partition coefficient (Wildman–Crippen LogP) is 1.88. The number of aryl methyl sites for hydroxylation is 1. The summed E-state index contributed by atoms with van der Waals surface area (Å²) in [5, 5.41) is 17.4. The lowest BCUT2D eigenvalue weighted by Gasteiger charge is -2.35. The Kier molecular flexibility index (Phi) is 4.75. The summed E-state index contributed by atoms with van der Waals surface area (Å²) in [5.74, 6) is -0.801. The molecule has 0 atom stereocenters. The molecule has 0 aliphatic carbocycles. The smallest absolute Gasteiger partial charge is 0.255 e. The lowest BCUT2D eigenvalue weighted by Crippen LogP contribution is -2.52. The molecule has 3 aromatic heterocycles. The Hall–Kier alpha value is -3.97. The van der Waals surface area contributed by atoms with Gasteiger partial charge < -0.3 is 15.2 Å². The maximum atomic E-state index is 12.7. The fourth-order valence-corrected chi connectivity index (χ4v) is 3.90. The Labute approximate surface area is 186 Å². The van der Waals surface area contributed by atoms with Gasteiger partial charge >= 0.3 is 0 Å². The molecule has 2 N–H and O–H groups in total. The largest absolute Gasteiger partial charge is 0.344 e. The van der Waals surface area contributed by atoms with E-state index in [0.717, 1.165) is 10.9 Å². The number of nitrogens with zero attached hydrogens (tertiary/aromatic N) is 6. The highest BCUT2D eigenvalue weighted by Gasteiger charge is 2.30. The van der Waals surface area contributed by atoms with Gasteiger partial charge in [0.15, 0.2) is 5.65 Å². The maximum absolute atomic E-state index is 12.7. The van der Waals surface area contributed by atoms with Crippen LogP contribution in [0.25, 0.3) is 33.5 Å². The van der Waals surface area contributed by atoms with E-state index in [4.69, 9.17) is 16.9 Å². The quantitative estimate of drug-likeness (QED) is 0.489. The van der Waals surface area contributed by atoms with Gasteiger partial charge in [-0.2, -0.15) is 10.4 Å². The predicted molar refractivity (Wildman–Crippen MR) is 117 cm³/mol. The molecule has 1 fully saturated rings. The topological polar surface area (TPSA) is 133 Å². The molecule has 1 saturated heterocycles. The van der Waals surface area contributed by atoms with E-state index in [1.54, 1.807) is 21.8 Å². The zero-order chi connectivity index (χ0) is 22.4. The Morgan fingerprint density at radius 2 is 2.19 bits per heavy atom. The molecule has 1 aliphatic rings. The fraction of sp³-hybridized carbons (Fsp3) is 0.238. The van der Waals surface area contributed by atoms with Gasteiger partial charge in [-0.25, -0.2) is 9.97 Å². The number of carbonyl (C=O) groups excluding carboxylic acids is 2. The van der Waals surface area contributed by atoms with Gasteiger partial charge in [-0.3, -0.25) is 14.3 Å². The van der Waals surface area contributed by atoms with Gasteiger partial charge in [0.25, 0.3) is 5.91 Å². The van der Waals surface area contributed by atoms with E-state index in [-0.39, 0.29) is 23.9 Å². The zero-order valence-corrected chi connectivity index (χ0v) is 17.7. The van der Waals surface area contributed by atoms with Crippen LogP contribution in [0.5, 0.6) is 0 Å². The summed E-state index contributed by atoms with van der Waals surface area (Å²) >= 11 is 6.17. The minimum absolute atomic E-state index is 0.130. The van der Waals surface area contributed by atoms with Crippen LogP contribution < -0.4 is 5.32 Å². The lowest BCUT2D eigenvalue weighted by atomic mass is 10.0. The number of aromatic amines is 1. The first-order valence-electron chi connectivity index (χ1n) is 9.87. The highest BCUT2D eigenvalue weighted by atomic mass is 35.5. The average molecular weight is 449 g/mol. The van der Waals surface area contributed by atoms with Crippen molar-refractivity contribution in [3.63, 3.8) is 0 Å². The molecule has 5 rings (SSSR count). The van der Waals surface area contributed by atoms with Crippen LogP contribution in [0.15, 0.2) is 30.6 Å². The number of likely N-dealkylation sites (tertiary alicyclic amines) is 1. The van der Waals surface area contributed by atoms with Crippen LogP contribution in [-0.2, 0) is 11.8 Å². The molecule has 1 aliphatic heterocycles. The molecule has 160 valence electrons. The fourth-order valence-electron chi connectivity index (χ4n) is 3.73. The number of halogens is 1. The summed E-state index contributed by atoms with van der Waals surface area (Å²) in [6.07, 6.45) is 3.10. The van der Waals surface area contributed by atoms with Crippen molar-refractivity contribution < 1.29 is 9.59 Å². The third-order valence-electron chi connectivity index (χ3n) is 5.50. The minimum Gasteiger partial charge on any atom is -0.344 e. The Morgan fingerprint density at radius 1 is 1.38 bits per heavy atom. The molecule has 10 nitrogen and oxygen atoms in total. The summed E-state index contributed by atoms with van der Waals surface area (Å²) in [6, 6.07) is 7.60. The van der Waals surface area contributed by atoms with Crippen molar-refractivity contribution in [2.45, 2.75) is 0 Å². The normalized spacial score (nSPS) is 13.8. The summed E-state index contributed by atoms with van der Waals surface area (Å²) in [4.78, 5) is 38.4. The number of nitrogens with one attached hydrogen (secondary N) is 2. The van der Waals surface area contributed by atoms with Crippen LogP contribution in [0.1, 0.15) is 10.4 Å². The molecule has 32 heavy (non-hydrogen) atoms. The minimum atomic E-state index is -0.442. The number of fused-ring (bicyclic) bond motifs is 2. The van der Waals surface area contributed by atoms with Crippen molar-refractivity contribution in [3.8, 4) is 17.5 Å². The molecule has 0 unspecified atom stereocenters. The van der Waals surface area contributed by atoms with Gasteiger partial charge in [0, 0.05) is 36.7 Å². The Balaban J connectivity index is 1.41. The number of benzene rings is 1. The van der Waals surface area contributed by atoms with Gasteiger partial charge in [-0.1, -0.05) is 11.6 Å². The van der Waals surface area contributed by atoms with E-state index < -0.39 is 5.91 Å². The summed E-state index contributed by atoms with van der Waals surface area (Å²) in [7, 11) is 1.83. The second-order valence-corrected chi connectivity index (χ2v) is 8.03. The number of hydrogen-bond donors (Lipinski definition) is 2. The molecule has 0 spiro atoms. The van der Waals surface area contributed by atoms with Crippen molar-refractivity contribution in [2.75, 3.05) is 19.6 Å². The number of carbonyl (C=O) groups is 2. The molecule has 2 amide bonds. The molecule has 11 heteroatoms. The number of H-pyrrole nitrogens is 1. The standard InChI is InChI=1S/C21H17ClN8O2/c1-29-16-3-2-12(22)4-13(16)18(28-29)15-7-25-20-19(27-15)14(6-24-20)21(32)26-8-17(31)30-9-11(5-23)10-30/h2-4,6-7,11H,8-10H2,1H3,(H,24,25)(H,26,32). The highest BCUT2D eigenvalue weighted by molar-refractivity contribution is 6.31. The van der Waals surface area contributed by atoms with Crippen molar-refractivity contribution in [1.29, 1.82) is 5.26 Å². The summed E-state index contributed by atoms with van der Waals surface area (Å²) in [5.41, 5.74) is 3.09. The number of hydrogen-bond acceptors (Lipinski definition) is 6. The van der Waals surface area contributed by atoms with Gasteiger partial charge in [0.05, 0.1) is 35.8 Å². The molecule has 4 aromatic rings. The van der Waals surface area contributed by atoms with Crippen molar-refractivity contribution in [1.82, 2.24) is 34.9 Å². The van der Waals surface area contributed by atoms with Gasteiger partial charge in [0.1, 0.15) is 16.9 Å². The first-order valence-corrected chi connectivity index (χ1v) is 10.2. The average Bonchev–Trinajstić information content (AvgIpc) is 3.31. The summed E-state index contributed by atoms with van der Waals surface area (Å²) < 4.78 is 1.73. The number of amides is 2. The van der Waals surface area contributed by atoms with E-state index in [9.17, 15) is 9.59 Å². The number of rotatable bonds is 4. The summed E-state index contributed by atoms with van der Waals surface area (Å²) in [6.45, 7) is 0.643. The van der Waals surface area contributed by atoms with Crippen molar-refractivity contribution in [3.05, 3.63) is 41.2 Å². The van der Waals surface area contributed by atoms with Gasteiger partial charge in [0.2, 0.25) is 5.91 Å². The molecule has 0 bridgehead atoms. The molecule has 0 radical (unpaired) electrons. The van der Waals surface area contributed by atoms with Crippen LogP contribution in [0.2, 0.25) is 5.02 Å². The monoisotopic (exact) mass is 448 g/mol. The first kappa shape index (κ1) is 20.0. The number of aromatic nitrogens is 5. The molecule has 0 saturated carbocycles. The van der Waals surface area contributed by atoms with E-state index >= 15 is 0 Å². The van der Waals surface area contributed by atoms with E-state index in [1.165, 1.54) is 6.20 Å². The van der Waals surface area contributed by atoms with Crippen LogP contribution in [0.3, 0.4) is 0 Å². The van der Waals surface area contributed by atoms with E-state index in [0.29, 0.717) is 40.7 Å². The third kappa shape index (κ3) is 3.33. The molecule has 4 heterocycles.